The van der Waals surface area contributed by atoms with Crippen molar-refractivity contribution >= 4 is 29.0 Å². The van der Waals surface area contributed by atoms with Gasteiger partial charge in [-0.2, -0.15) is 0 Å². The summed E-state index contributed by atoms with van der Waals surface area (Å²) in [6, 6.07) is 13.2. The number of H-pyrrole nitrogens is 1. The maximum atomic E-state index is 14.2. The number of alkyl carbamates (subject to hydrolysis) is 2. The van der Waals surface area contributed by atoms with Gasteiger partial charge in [0, 0.05) is 24.0 Å². The Balaban J connectivity index is 1.39. The molecule has 3 aromatic rings. The second-order valence-corrected chi connectivity index (χ2v) is 12.1. The minimum absolute atomic E-state index is 0.0457. The maximum absolute atomic E-state index is 14.2. The summed E-state index contributed by atoms with van der Waals surface area (Å²) in [5.74, 6) is -0.543. The number of hydrogen-bond acceptors (Lipinski definition) is 6. The lowest BCUT2D eigenvalue weighted by molar-refractivity contribution is 0.0490. The van der Waals surface area contributed by atoms with Crippen LogP contribution in [0.3, 0.4) is 0 Å². The molecule has 1 aromatic heterocycles. The van der Waals surface area contributed by atoms with E-state index in [0.717, 1.165) is 48.6 Å². The fourth-order valence-electron chi connectivity index (χ4n) is 5.33. The molecule has 0 radical (unpaired) electrons. The number of fused-ring (bicyclic) bond motifs is 1. The van der Waals surface area contributed by atoms with Crippen LogP contribution in [0.2, 0.25) is 0 Å². The number of aromatic nitrogens is 1. The molecule has 1 atom stereocenters. The molecule has 10 nitrogen and oxygen atoms in total. The van der Waals surface area contributed by atoms with E-state index < -0.39 is 23.8 Å². The largest absolute Gasteiger partial charge is 0.445 e. The van der Waals surface area contributed by atoms with Crippen molar-refractivity contribution in [2.45, 2.75) is 77.0 Å². The zero-order chi connectivity index (χ0) is 31.5. The highest BCUT2D eigenvalue weighted by molar-refractivity contribution is 6.01. The lowest BCUT2D eigenvalue weighted by atomic mass is 9.82. The standard InChI is InChI=1S/C33H43FN4O6/c1-33(2,3)44-31(40)35-16-17-42-21-25(37-32(41)43-20-22-10-6-4-7-11-22)19-36-30(39)29-28(23-12-8-5-9-13-23)26-18-24(34)14-15-27(26)38-29/h4,6-7,10-11,14-15,18,23,25,38H,5,8-9,12-13,16-17,19-21H2,1-3H3,(H,35,40)(H,36,39)(H,37,41)/t25-/m1/s1. The summed E-state index contributed by atoms with van der Waals surface area (Å²) in [7, 11) is 0. The third-order valence-electron chi connectivity index (χ3n) is 7.32. The highest BCUT2D eigenvalue weighted by Gasteiger charge is 2.27. The van der Waals surface area contributed by atoms with Crippen molar-refractivity contribution < 1.29 is 33.0 Å². The molecular formula is C33H43FN4O6. The topological polar surface area (TPSA) is 131 Å². The summed E-state index contributed by atoms with van der Waals surface area (Å²) in [6.45, 7) is 5.86. The van der Waals surface area contributed by atoms with Crippen LogP contribution in [0.5, 0.6) is 0 Å². The van der Waals surface area contributed by atoms with E-state index >= 15 is 0 Å². The molecule has 1 fully saturated rings. The maximum Gasteiger partial charge on any atom is 0.407 e. The first kappa shape index (κ1) is 32.8. The van der Waals surface area contributed by atoms with E-state index in [0.29, 0.717) is 11.2 Å². The van der Waals surface area contributed by atoms with E-state index in [-0.39, 0.29) is 50.6 Å². The van der Waals surface area contributed by atoms with Gasteiger partial charge in [-0.3, -0.25) is 4.79 Å². The smallest absolute Gasteiger partial charge is 0.407 e. The third-order valence-corrected chi connectivity index (χ3v) is 7.32. The Morgan fingerprint density at radius 3 is 2.48 bits per heavy atom. The average molecular weight is 611 g/mol. The van der Waals surface area contributed by atoms with Gasteiger partial charge in [-0.1, -0.05) is 49.6 Å². The fourth-order valence-corrected chi connectivity index (χ4v) is 5.33. The molecule has 1 aliphatic rings. The first-order valence-corrected chi connectivity index (χ1v) is 15.2. The molecule has 0 bridgehead atoms. The summed E-state index contributed by atoms with van der Waals surface area (Å²) in [6.07, 6.45) is 3.93. The van der Waals surface area contributed by atoms with Crippen LogP contribution in [0.4, 0.5) is 14.0 Å². The zero-order valence-electron chi connectivity index (χ0n) is 25.7. The average Bonchev–Trinajstić information content (AvgIpc) is 3.37. The van der Waals surface area contributed by atoms with Crippen molar-refractivity contribution in [3.05, 3.63) is 71.2 Å². The molecule has 0 saturated heterocycles. The Morgan fingerprint density at radius 2 is 1.75 bits per heavy atom. The van der Waals surface area contributed by atoms with E-state index in [1.165, 1.54) is 12.1 Å². The van der Waals surface area contributed by atoms with Crippen molar-refractivity contribution in [1.29, 1.82) is 0 Å². The van der Waals surface area contributed by atoms with Gasteiger partial charge >= 0.3 is 12.2 Å². The van der Waals surface area contributed by atoms with Crippen LogP contribution in [0, 0.1) is 5.82 Å². The Kier molecular flexibility index (Phi) is 11.6. The van der Waals surface area contributed by atoms with Gasteiger partial charge in [0.1, 0.15) is 23.7 Å². The predicted molar refractivity (Wildman–Crippen MR) is 165 cm³/mol. The summed E-state index contributed by atoms with van der Waals surface area (Å²) < 4.78 is 30.5. The van der Waals surface area contributed by atoms with Crippen molar-refractivity contribution in [2.24, 2.45) is 0 Å². The number of hydrogen-bond donors (Lipinski definition) is 4. The van der Waals surface area contributed by atoms with Crippen LogP contribution in [0.15, 0.2) is 48.5 Å². The number of carbonyl (C=O) groups excluding carboxylic acids is 3. The lowest BCUT2D eigenvalue weighted by Crippen LogP contribution is -2.47. The molecule has 2 aromatic carbocycles. The minimum Gasteiger partial charge on any atom is -0.445 e. The summed E-state index contributed by atoms with van der Waals surface area (Å²) >= 11 is 0. The summed E-state index contributed by atoms with van der Waals surface area (Å²) in [4.78, 5) is 41.3. The molecule has 0 aliphatic heterocycles. The van der Waals surface area contributed by atoms with E-state index in [9.17, 15) is 18.8 Å². The van der Waals surface area contributed by atoms with Crippen LogP contribution >= 0.6 is 0 Å². The van der Waals surface area contributed by atoms with Crippen molar-refractivity contribution in [2.75, 3.05) is 26.3 Å². The van der Waals surface area contributed by atoms with Gasteiger partial charge in [0.2, 0.25) is 0 Å². The van der Waals surface area contributed by atoms with Gasteiger partial charge in [-0.25, -0.2) is 14.0 Å². The van der Waals surface area contributed by atoms with Gasteiger partial charge in [-0.05, 0) is 68.9 Å². The first-order chi connectivity index (χ1) is 21.1. The van der Waals surface area contributed by atoms with E-state index in [1.807, 2.05) is 30.3 Å². The number of carbonyl (C=O) groups is 3. The molecule has 238 valence electrons. The molecule has 4 rings (SSSR count). The van der Waals surface area contributed by atoms with Gasteiger partial charge in [0.15, 0.2) is 0 Å². The quantitative estimate of drug-likeness (QED) is 0.188. The Morgan fingerprint density at radius 1 is 1.00 bits per heavy atom. The molecule has 3 amide bonds. The van der Waals surface area contributed by atoms with Crippen LogP contribution < -0.4 is 16.0 Å². The number of rotatable bonds is 12. The highest BCUT2D eigenvalue weighted by Crippen LogP contribution is 2.39. The lowest BCUT2D eigenvalue weighted by Gasteiger charge is -2.23. The van der Waals surface area contributed by atoms with E-state index in [2.05, 4.69) is 20.9 Å². The van der Waals surface area contributed by atoms with Crippen LogP contribution in [-0.2, 0) is 20.8 Å². The molecule has 1 saturated carbocycles. The molecule has 1 heterocycles. The normalized spacial score (nSPS) is 14.5. The third kappa shape index (κ3) is 9.97. The predicted octanol–water partition coefficient (Wildman–Crippen LogP) is 5.92. The molecular weight excluding hydrogens is 567 g/mol. The number of nitrogens with one attached hydrogen (secondary N) is 4. The monoisotopic (exact) mass is 610 g/mol. The second-order valence-electron chi connectivity index (χ2n) is 12.1. The number of halogens is 1. The summed E-state index contributed by atoms with van der Waals surface area (Å²) in [5, 5.41) is 9.02. The van der Waals surface area contributed by atoms with Gasteiger partial charge in [-0.15, -0.1) is 0 Å². The fraction of sp³-hybridized carbons (Fsp3) is 0.485. The number of benzene rings is 2. The number of ether oxygens (including phenoxy) is 3. The van der Waals surface area contributed by atoms with Crippen molar-refractivity contribution in [3.8, 4) is 0 Å². The van der Waals surface area contributed by atoms with Gasteiger partial charge in [0.25, 0.3) is 5.91 Å². The van der Waals surface area contributed by atoms with Crippen LogP contribution in [-0.4, -0.2) is 61.0 Å². The van der Waals surface area contributed by atoms with Crippen LogP contribution in [0.25, 0.3) is 10.9 Å². The van der Waals surface area contributed by atoms with Crippen LogP contribution in [0.1, 0.15) is 80.4 Å². The number of amides is 3. The Labute approximate surface area is 257 Å². The molecule has 44 heavy (non-hydrogen) atoms. The van der Waals surface area contributed by atoms with Gasteiger partial charge < -0.3 is 35.1 Å². The zero-order valence-corrected chi connectivity index (χ0v) is 25.7. The molecule has 4 N–H and O–H groups in total. The van der Waals surface area contributed by atoms with E-state index in [4.69, 9.17) is 14.2 Å². The Hall–Kier alpha value is -4.12. The highest BCUT2D eigenvalue weighted by atomic mass is 19.1. The van der Waals surface area contributed by atoms with Gasteiger partial charge in [0.05, 0.1) is 19.3 Å². The first-order valence-electron chi connectivity index (χ1n) is 15.2. The second kappa shape index (κ2) is 15.6. The minimum atomic E-state index is -0.660. The Bertz CT molecular complexity index is 1400. The van der Waals surface area contributed by atoms with Crippen molar-refractivity contribution in [1.82, 2.24) is 20.9 Å². The number of aromatic amines is 1. The molecule has 0 unspecified atom stereocenters. The van der Waals surface area contributed by atoms with E-state index in [1.54, 1.807) is 26.8 Å². The SMILES string of the molecule is CC(C)(C)OC(=O)NCCOC[C@@H](CNC(=O)c1[nH]c2ccc(F)cc2c1C1CCCCC1)NC(=O)OCc1ccccc1. The van der Waals surface area contributed by atoms with Crippen molar-refractivity contribution in [3.63, 3.8) is 0 Å². The molecule has 1 aliphatic carbocycles. The molecule has 0 spiro atoms. The summed E-state index contributed by atoms with van der Waals surface area (Å²) in [5.41, 5.74) is 2.17. The molecule has 11 heteroatoms.